The minimum Gasteiger partial charge on any atom is -0.375 e. The summed E-state index contributed by atoms with van der Waals surface area (Å²) in [6.07, 6.45) is 1.06. The Balaban J connectivity index is 3.82. The van der Waals surface area contributed by atoms with Gasteiger partial charge in [0.05, 0.1) is 12.2 Å². The molecule has 0 heterocycles. The molecule has 0 spiro atoms. The van der Waals surface area contributed by atoms with Crippen molar-refractivity contribution in [1.29, 1.82) is 0 Å². The molecule has 0 amide bonds. The average molecular weight is 237 g/mol. The minimum atomic E-state index is 0.0272. The Kier molecular flexibility index (Phi) is 4.78. The highest BCUT2D eigenvalue weighted by Gasteiger charge is 2.22. The van der Waals surface area contributed by atoms with E-state index in [9.17, 15) is 0 Å². The van der Waals surface area contributed by atoms with Crippen molar-refractivity contribution in [3.63, 3.8) is 0 Å². The van der Waals surface area contributed by atoms with Crippen molar-refractivity contribution in [2.24, 2.45) is 5.41 Å². The molecule has 0 aliphatic carbocycles. The first-order valence-corrected chi connectivity index (χ1v) is 5.65. The van der Waals surface area contributed by atoms with Crippen LogP contribution in [0.25, 0.3) is 0 Å². The highest BCUT2D eigenvalue weighted by Crippen LogP contribution is 2.23. The highest BCUT2D eigenvalue weighted by atomic mass is 79.9. The summed E-state index contributed by atoms with van der Waals surface area (Å²) < 4.78 is 5.80. The van der Waals surface area contributed by atoms with Gasteiger partial charge in [0, 0.05) is 5.33 Å². The van der Waals surface area contributed by atoms with Crippen molar-refractivity contribution in [3.05, 3.63) is 0 Å². The molecule has 0 aromatic rings. The molecule has 0 fully saturated rings. The van der Waals surface area contributed by atoms with Crippen LogP contribution in [0.5, 0.6) is 0 Å². The average Bonchev–Trinajstić information content (AvgIpc) is 2.02. The summed E-state index contributed by atoms with van der Waals surface area (Å²) in [7, 11) is 0. The van der Waals surface area contributed by atoms with Gasteiger partial charge in [0.1, 0.15) is 0 Å². The van der Waals surface area contributed by atoms with Gasteiger partial charge in [-0.2, -0.15) is 0 Å². The van der Waals surface area contributed by atoms with Crippen LogP contribution in [0.1, 0.15) is 41.0 Å². The molecule has 0 N–H and O–H groups in total. The fraction of sp³-hybridized carbons (Fsp3) is 1.00. The van der Waals surface area contributed by atoms with Crippen LogP contribution in [0.4, 0.5) is 0 Å². The van der Waals surface area contributed by atoms with Gasteiger partial charge in [0.2, 0.25) is 0 Å². The van der Waals surface area contributed by atoms with E-state index in [1.165, 1.54) is 0 Å². The summed E-state index contributed by atoms with van der Waals surface area (Å²) >= 11 is 3.48. The summed E-state index contributed by atoms with van der Waals surface area (Å²) in [4.78, 5) is 0. The van der Waals surface area contributed by atoms with E-state index in [0.29, 0.717) is 0 Å². The Morgan fingerprint density at radius 1 is 1.17 bits per heavy atom. The number of halogens is 1. The standard InChI is InChI=1S/C10H21BrO/c1-6-10(4,5)12-8-9(2,3)7-11/h6-8H2,1-5H3. The van der Waals surface area contributed by atoms with Crippen LogP contribution < -0.4 is 0 Å². The van der Waals surface area contributed by atoms with Crippen molar-refractivity contribution in [1.82, 2.24) is 0 Å². The summed E-state index contributed by atoms with van der Waals surface area (Å²) in [6.45, 7) is 11.6. The largest absolute Gasteiger partial charge is 0.375 e. The Morgan fingerprint density at radius 3 is 2.00 bits per heavy atom. The minimum absolute atomic E-state index is 0.0272. The molecule has 1 nitrogen and oxygen atoms in total. The van der Waals surface area contributed by atoms with E-state index in [2.05, 4.69) is 50.5 Å². The molecule has 0 atom stereocenters. The highest BCUT2D eigenvalue weighted by molar-refractivity contribution is 9.09. The quantitative estimate of drug-likeness (QED) is 0.663. The number of rotatable bonds is 5. The lowest BCUT2D eigenvalue weighted by Gasteiger charge is -2.30. The van der Waals surface area contributed by atoms with Gasteiger partial charge >= 0.3 is 0 Å². The Hall–Kier alpha value is 0.440. The van der Waals surface area contributed by atoms with E-state index < -0.39 is 0 Å². The van der Waals surface area contributed by atoms with Gasteiger partial charge in [-0.1, -0.05) is 36.7 Å². The van der Waals surface area contributed by atoms with E-state index in [1.54, 1.807) is 0 Å². The van der Waals surface area contributed by atoms with Gasteiger partial charge in [0.15, 0.2) is 0 Å². The first-order chi connectivity index (χ1) is 5.33. The smallest absolute Gasteiger partial charge is 0.0624 e. The zero-order valence-corrected chi connectivity index (χ0v) is 10.5. The van der Waals surface area contributed by atoms with Crippen LogP contribution in [0.15, 0.2) is 0 Å². The second-order valence-electron chi connectivity index (χ2n) is 4.70. The summed E-state index contributed by atoms with van der Waals surface area (Å²) in [5, 5.41) is 0.986. The third kappa shape index (κ3) is 5.15. The van der Waals surface area contributed by atoms with E-state index in [1.807, 2.05) is 0 Å². The molecule has 2 heteroatoms. The fourth-order valence-corrected chi connectivity index (χ4v) is 0.693. The first-order valence-electron chi connectivity index (χ1n) is 4.53. The molecule has 0 aliphatic heterocycles. The molecule has 0 bridgehead atoms. The normalized spacial score (nSPS) is 13.5. The molecule has 0 aliphatic rings. The molecule has 74 valence electrons. The van der Waals surface area contributed by atoms with Gasteiger partial charge in [-0.15, -0.1) is 0 Å². The van der Waals surface area contributed by atoms with Gasteiger partial charge in [-0.05, 0) is 25.7 Å². The lowest BCUT2D eigenvalue weighted by molar-refractivity contribution is -0.0510. The molecule has 0 aromatic carbocycles. The Labute approximate surface area is 85.0 Å². The van der Waals surface area contributed by atoms with Crippen LogP contribution in [-0.4, -0.2) is 17.5 Å². The molecular weight excluding hydrogens is 216 g/mol. The number of hydrogen-bond donors (Lipinski definition) is 0. The lowest BCUT2D eigenvalue weighted by atomic mass is 9.97. The maximum absolute atomic E-state index is 5.80. The molecule has 0 radical (unpaired) electrons. The molecular formula is C10H21BrO. The van der Waals surface area contributed by atoms with Crippen LogP contribution in [0.2, 0.25) is 0 Å². The maximum Gasteiger partial charge on any atom is 0.0624 e. The molecule has 0 aromatic heterocycles. The van der Waals surface area contributed by atoms with Gasteiger partial charge in [-0.3, -0.25) is 0 Å². The molecule has 12 heavy (non-hydrogen) atoms. The SMILES string of the molecule is CCC(C)(C)OCC(C)(C)CBr. The predicted octanol–water partition coefficient (Wildman–Crippen LogP) is 3.61. The van der Waals surface area contributed by atoms with Crippen LogP contribution in [0, 0.1) is 5.41 Å². The van der Waals surface area contributed by atoms with Crippen LogP contribution >= 0.6 is 15.9 Å². The second kappa shape index (κ2) is 4.61. The van der Waals surface area contributed by atoms with Crippen molar-refractivity contribution in [3.8, 4) is 0 Å². The lowest BCUT2D eigenvalue weighted by Crippen LogP contribution is -2.30. The topological polar surface area (TPSA) is 9.23 Å². The number of ether oxygens (including phenoxy) is 1. The van der Waals surface area contributed by atoms with Crippen LogP contribution in [-0.2, 0) is 4.74 Å². The van der Waals surface area contributed by atoms with Gasteiger partial charge in [0.25, 0.3) is 0 Å². The van der Waals surface area contributed by atoms with Crippen molar-refractivity contribution < 1.29 is 4.74 Å². The molecule has 0 unspecified atom stereocenters. The van der Waals surface area contributed by atoms with Crippen molar-refractivity contribution in [2.45, 2.75) is 46.6 Å². The zero-order valence-electron chi connectivity index (χ0n) is 8.91. The second-order valence-corrected chi connectivity index (χ2v) is 5.26. The predicted molar refractivity (Wildman–Crippen MR) is 57.9 cm³/mol. The third-order valence-corrected chi connectivity index (χ3v) is 3.58. The number of hydrogen-bond acceptors (Lipinski definition) is 1. The monoisotopic (exact) mass is 236 g/mol. The van der Waals surface area contributed by atoms with Gasteiger partial charge < -0.3 is 4.74 Å². The van der Waals surface area contributed by atoms with E-state index in [0.717, 1.165) is 18.4 Å². The van der Waals surface area contributed by atoms with Crippen molar-refractivity contribution in [2.75, 3.05) is 11.9 Å². The van der Waals surface area contributed by atoms with E-state index in [4.69, 9.17) is 4.74 Å². The zero-order chi connectivity index (χ0) is 9.83. The summed E-state index contributed by atoms with van der Waals surface area (Å²) in [6, 6.07) is 0. The van der Waals surface area contributed by atoms with E-state index in [-0.39, 0.29) is 11.0 Å². The van der Waals surface area contributed by atoms with Gasteiger partial charge in [-0.25, -0.2) is 0 Å². The molecule has 0 rings (SSSR count). The summed E-state index contributed by atoms with van der Waals surface area (Å²) in [5.74, 6) is 0. The summed E-state index contributed by atoms with van der Waals surface area (Å²) in [5.41, 5.74) is 0.270. The third-order valence-electron chi connectivity index (χ3n) is 2.07. The Bertz CT molecular complexity index is 114. The van der Waals surface area contributed by atoms with Crippen LogP contribution in [0.3, 0.4) is 0 Å². The number of alkyl halides is 1. The molecule has 0 saturated carbocycles. The van der Waals surface area contributed by atoms with Crippen molar-refractivity contribution >= 4 is 15.9 Å². The fourth-order valence-electron chi connectivity index (χ4n) is 0.531. The Morgan fingerprint density at radius 2 is 1.67 bits per heavy atom. The maximum atomic E-state index is 5.80. The van der Waals surface area contributed by atoms with E-state index >= 15 is 0 Å². The molecule has 0 saturated heterocycles. The first kappa shape index (κ1) is 12.4.